The first-order valence-corrected chi connectivity index (χ1v) is 8.85. The molecule has 10 heteroatoms. The molecule has 0 N–H and O–H groups in total. The van der Waals surface area contributed by atoms with Gasteiger partial charge in [0.15, 0.2) is 0 Å². The lowest BCUT2D eigenvalue weighted by Crippen LogP contribution is -2.27. The van der Waals surface area contributed by atoms with Gasteiger partial charge in [-0.3, -0.25) is 14.9 Å². The molecule has 29 heavy (non-hydrogen) atoms. The predicted octanol–water partition coefficient (Wildman–Crippen LogP) is 2.91. The number of halogens is 1. The first-order valence-electron chi connectivity index (χ1n) is 8.47. The number of carbonyl (C=O) groups excluding carboxylic acids is 1. The van der Waals surface area contributed by atoms with Gasteiger partial charge < -0.3 is 13.7 Å². The van der Waals surface area contributed by atoms with E-state index in [1.165, 1.54) is 6.07 Å². The Balaban J connectivity index is 2.23. The number of carbonyl (C=O) groups is 1. The van der Waals surface area contributed by atoms with Crippen LogP contribution in [0.1, 0.15) is 28.4 Å². The standard InChI is InChI=1S/C19H15ClN2O7/c1-3-10-4-16-13(7-15(10)20)11(5-17(23)29-16)8-21-9-12(22(26)27)6-14(18(21)24)19(25)28-2/h4-7,9H,3,8H2,1-2H3. The SMILES string of the molecule is CCc1cc2oc(=O)cc(Cn3cc([N+](=O)[O-])cc(C(=O)OC)c3=O)c2cc1Cl. The lowest BCUT2D eigenvalue weighted by Gasteiger charge is -2.11. The zero-order valence-electron chi connectivity index (χ0n) is 15.4. The number of benzene rings is 1. The molecule has 0 aliphatic rings. The monoisotopic (exact) mass is 418 g/mol. The van der Waals surface area contributed by atoms with Crippen molar-refractivity contribution in [2.45, 2.75) is 19.9 Å². The second kappa shape index (κ2) is 7.88. The summed E-state index contributed by atoms with van der Waals surface area (Å²) in [6, 6.07) is 5.27. The van der Waals surface area contributed by atoms with E-state index in [9.17, 15) is 24.5 Å². The molecule has 9 nitrogen and oxygen atoms in total. The van der Waals surface area contributed by atoms with Crippen molar-refractivity contribution in [3.8, 4) is 0 Å². The molecule has 3 rings (SSSR count). The molecule has 0 radical (unpaired) electrons. The fourth-order valence-corrected chi connectivity index (χ4v) is 3.26. The number of ether oxygens (including phenoxy) is 1. The average molecular weight is 419 g/mol. The molecule has 0 saturated heterocycles. The Bertz CT molecular complexity index is 1260. The highest BCUT2D eigenvalue weighted by molar-refractivity contribution is 6.32. The first-order chi connectivity index (χ1) is 13.7. The number of hydrogen-bond donors (Lipinski definition) is 0. The summed E-state index contributed by atoms with van der Waals surface area (Å²) in [5, 5.41) is 12.1. The molecule has 0 fully saturated rings. The molecule has 0 amide bonds. The Hall–Kier alpha value is -3.46. The van der Waals surface area contributed by atoms with Crippen molar-refractivity contribution in [3.63, 3.8) is 0 Å². The number of fused-ring (bicyclic) bond motifs is 1. The minimum atomic E-state index is -1.000. The summed E-state index contributed by atoms with van der Waals surface area (Å²) in [6.07, 6.45) is 1.62. The highest BCUT2D eigenvalue weighted by Gasteiger charge is 2.20. The second-order valence-electron chi connectivity index (χ2n) is 6.18. The summed E-state index contributed by atoms with van der Waals surface area (Å²) in [4.78, 5) is 47.0. The summed E-state index contributed by atoms with van der Waals surface area (Å²) < 4.78 is 10.7. The Kier molecular flexibility index (Phi) is 5.51. The van der Waals surface area contributed by atoms with Crippen LogP contribution in [-0.4, -0.2) is 22.6 Å². The molecule has 3 aromatic rings. The van der Waals surface area contributed by atoms with Crippen molar-refractivity contribution in [1.82, 2.24) is 4.57 Å². The number of rotatable bonds is 5. The maximum atomic E-state index is 12.6. The van der Waals surface area contributed by atoms with Crippen LogP contribution in [0, 0.1) is 10.1 Å². The normalized spacial score (nSPS) is 10.9. The maximum Gasteiger partial charge on any atom is 0.343 e. The Morgan fingerprint density at radius 3 is 2.59 bits per heavy atom. The fraction of sp³-hybridized carbons (Fsp3) is 0.211. The Labute approximate surface area is 168 Å². The molecular formula is C19H15ClN2O7. The van der Waals surface area contributed by atoms with Crippen LogP contribution < -0.4 is 11.2 Å². The topological polar surface area (TPSA) is 122 Å². The fourth-order valence-electron chi connectivity index (χ4n) is 2.97. The number of hydrogen-bond acceptors (Lipinski definition) is 7. The minimum Gasteiger partial charge on any atom is -0.465 e. The first kappa shape index (κ1) is 20.3. The highest BCUT2D eigenvalue weighted by atomic mass is 35.5. The molecule has 0 saturated carbocycles. The van der Waals surface area contributed by atoms with Gasteiger partial charge in [-0.05, 0) is 29.7 Å². The van der Waals surface area contributed by atoms with E-state index in [0.717, 1.165) is 29.5 Å². The van der Waals surface area contributed by atoms with E-state index < -0.39 is 33.3 Å². The van der Waals surface area contributed by atoms with Gasteiger partial charge in [-0.15, -0.1) is 0 Å². The van der Waals surface area contributed by atoms with Crippen molar-refractivity contribution in [2.24, 2.45) is 0 Å². The van der Waals surface area contributed by atoms with Crippen molar-refractivity contribution in [1.29, 1.82) is 0 Å². The van der Waals surface area contributed by atoms with Crippen LogP contribution in [0.15, 0.2) is 44.5 Å². The van der Waals surface area contributed by atoms with Crippen LogP contribution in [0.5, 0.6) is 0 Å². The minimum absolute atomic E-state index is 0.214. The molecule has 2 heterocycles. The lowest BCUT2D eigenvalue weighted by atomic mass is 10.1. The molecule has 0 aliphatic heterocycles. The molecule has 2 aromatic heterocycles. The number of nitrogens with zero attached hydrogens (tertiary/aromatic N) is 2. The van der Waals surface area contributed by atoms with E-state index >= 15 is 0 Å². The summed E-state index contributed by atoms with van der Waals surface area (Å²) in [6.45, 7) is 1.68. The van der Waals surface area contributed by atoms with E-state index in [0.29, 0.717) is 22.4 Å². The smallest absolute Gasteiger partial charge is 0.343 e. The van der Waals surface area contributed by atoms with Crippen LogP contribution in [0.25, 0.3) is 11.0 Å². The number of pyridine rings is 1. The summed E-state index contributed by atoms with van der Waals surface area (Å²) >= 11 is 6.26. The van der Waals surface area contributed by atoms with Crippen LogP contribution in [0.3, 0.4) is 0 Å². The van der Waals surface area contributed by atoms with Crippen LogP contribution in [0.4, 0.5) is 5.69 Å². The third-order valence-electron chi connectivity index (χ3n) is 4.41. The predicted molar refractivity (Wildman–Crippen MR) is 105 cm³/mol. The molecule has 0 unspecified atom stereocenters. The number of methoxy groups -OCH3 is 1. The largest absolute Gasteiger partial charge is 0.465 e. The van der Waals surface area contributed by atoms with Gasteiger partial charge in [-0.25, -0.2) is 9.59 Å². The van der Waals surface area contributed by atoms with Gasteiger partial charge >= 0.3 is 11.6 Å². The Morgan fingerprint density at radius 2 is 1.97 bits per heavy atom. The van der Waals surface area contributed by atoms with Gasteiger partial charge in [0.2, 0.25) is 0 Å². The third-order valence-corrected chi connectivity index (χ3v) is 4.76. The molecule has 150 valence electrons. The Morgan fingerprint density at radius 1 is 1.24 bits per heavy atom. The van der Waals surface area contributed by atoms with E-state index in [4.69, 9.17) is 16.0 Å². The number of aromatic nitrogens is 1. The van der Waals surface area contributed by atoms with Gasteiger partial charge in [-0.1, -0.05) is 18.5 Å². The van der Waals surface area contributed by atoms with Gasteiger partial charge in [0.25, 0.3) is 11.2 Å². The van der Waals surface area contributed by atoms with Crippen molar-refractivity contribution in [2.75, 3.05) is 7.11 Å². The van der Waals surface area contributed by atoms with Gasteiger partial charge in [0, 0.05) is 22.5 Å². The average Bonchev–Trinajstić information content (AvgIpc) is 2.68. The van der Waals surface area contributed by atoms with Crippen LogP contribution >= 0.6 is 11.6 Å². The van der Waals surface area contributed by atoms with Crippen LogP contribution in [0.2, 0.25) is 5.02 Å². The molecule has 0 aliphatic carbocycles. The van der Waals surface area contributed by atoms with Gasteiger partial charge in [0.1, 0.15) is 11.1 Å². The molecule has 0 atom stereocenters. The maximum absolute atomic E-state index is 12.6. The van der Waals surface area contributed by atoms with Crippen LogP contribution in [-0.2, 0) is 17.7 Å². The molecule has 0 bridgehead atoms. The number of nitro groups is 1. The zero-order valence-corrected chi connectivity index (χ0v) is 16.2. The van der Waals surface area contributed by atoms with Crippen molar-refractivity contribution < 1.29 is 18.9 Å². The third kappa shape index (κ3) is 3.90. The lowest BCUT2D eigenvalue weighted by molar-refractivity contribution is -0.385. The molecule has 1 aromatic carbocycles. The quantitative estimate of drug-likeness (QED) is 0.270. The van der Waals surface area contributed by atoms with E-state index in [-0.39, 0.29) is 12.1 Å². The highest BCUT2D eigenvalue weighted by Crippen LogP contribution is 2.26. The number of aryl methyl sites for hydroxylation is 1. The van der Waals surface area contributed by atoms with Gasteiger partial charge in [-0.2, -0.15) is 0 Å². The molecule has 0 spiro atoms. The summed E-state index contributed by atoms with van der Waals surface area (Å²) in [5.41, 5.74) is -0.980. The van der Waals surface area contributed by atoms with Crippen molar-refractivity contribution >= 4 is 34.2 Å². The second-order valence-corrected chi connectivity index (χ2v) is 6.58. The summed E-state index contributed by atoms with van der Waals surface area (Å²) in [5.74, 6) is -1.000. The van der Waals surface area contributed by atoms with Gasteiger partial charge in [0.05, 0.1) is 24.8 Å². The van der Waals surface area contributed by atoms with E-state index in [2.05, 4.69) is 4.74 Å². The van der Waals surface area contributed by atoms with E-state index in [1.54, 1.807) is 12.1 Å². The van der Waals surface area contributed by atoms with Crippen molar-refractivity contribution in [3.05, 3.63) is 83.1 Å². The van der Waals surface area contributed by atoms with E-state index in [1.807, 2.05) is 6.92 Å². The molecular weight excluding hydrogens is 404 g/mol. The summed E-state index contributed by atoms with van der Waals surface area (Å²) in [7, 11) is 1.06. The zero-order chi connectivity index (χ0) is 21.3. The number of esters is 1.